The highest BCUT2D eigenvalue weighted by Gasteiger charge is 2.22. The molecule has 2 atom stereocenters. The third-order valence-electron chi connectivity index (χ3n) is 4.80. The van der Waals surface area contributed by atoms with Gasteiger partial charge in [0, 0.05) is 37.4 Å². The lowest BCUT2D eigenvalue weighted by Gasteiger charge is -2.35. The maximum absolute atomic E-state index is 12.3. The zero-order valence-corrected chi connectivity index (χ0v) is 16.2. The Hall–Kier alpha value is -2.37. The van der Waals surface area contributed by atoms with Gasteiger partial charge in [-0.15, -0.1) is 0 Å². The molecule has 2 aromatic carbocycles. The summed E-state index contributed by atoms with van der Waals surface area (Å²) in [6, 6.07) is 15.6. The molecule has 144 valence electrons. The van der Waals surface area contributed by atoms with Crippen molar-refractivity contribution in [3.05, 3.63) is 65.2 Å². The number of amides is 1. The molecule has 0 aromatic heterocycles. The van der Waals surface area contributed by atoms with Gasteiger partial charge >= 0.3 is 0 Å². The van der Waals surface area contributed by atoms with Crippen molar-refractivity contribution in [1.29, 1.82) is 0 Å². The third kappa shape index (κ3) is 5.81. The summed E-state index contributed by atoms with van der Waals surface area (Å²) in [7, 11) is 0. The molecule has 1 aliphatic heterocycles. The molecule has 0 bridgehead atoms. The van der Waals surface area contributed by atoms with Crippen LogP contribution >= 0.6 is 0 Å². The smallest absolute Gasteiger partial charge is 0.251 e. The van der Waals surface area contributed by atoms with Crippen LogP contribution in [0.3, 0.4) is 0 Å². The first-order chi connectivity index (χ1) is 13.0. The molecule has 1 aliphatic rings. The topological polar surface area (TPSA) is 67.6 Å². The second-order valence-electron chi connectivity index (χ2n) is 7.40. The van der Waals surface area contributed by atoms with Crippen molar-refractivity contribution in [3.8, 4) is 0 Å². The summed E-state index contributed by atoms with van der Waals surface area (Å²) in [5.41, 5.74) is 9.51. The molecule has 1 amide bonds. The Morgan fingerprint density at radius 1 is 1.04 bits per heavy atom. The molecular weight excluding hydrogens is 338 g/mol. The van der Waals surface area contributed by atoms with Crippen molar-refractivity contribution in [1.82, 2.24) is 10.2 Å². The summed E-state index contributed by atoms with van der Waals surface area (Å²) >= 11 is 0. The van der Waals surface area contributed by atoms with Crippen LogP contribution in [0.2, 0.25) is 0 Å². The van der Waals surface area contributed by atoms with Crippen LogP contribution in [0.5, 0.6) is 0 Å². The van der Waals surface area contributed by atoms with Crippen LogP contribution in [0.1, 0.15) is 35.3 Å². The second-order valence-corrected chi connectivity index (χ2v) is 7.40. The van der Waals surface area contributed by atoms with Gasteiger partial charge in [-0.3, -0.25) is 9.69 Å². The lowest BCUT2D eigenvalue weighted by atomic mass is 10.1. The minimum Gasteiger partial charge on any atom is -0.399 e. The van der Waals surface area contributed by atoms with E-state index in [0.717, 1.165) is 37.3 Å². The number of ether oxygens (including phenoxy) is 1. The molecule has 3 rings (SSSR count). The molecule has 5 nitrogen and oxygen atoms in total. The van der Waals surface area contributed by atoms with E-state index in [1.807, 2.05) is 48.5 Å². The number of nitrogens with one attached hydrogen (secondary N) is 1. The number of carbonyl (C=O) groups is 1. The third-order valence-corrected chi connectivity index (χ3v) is 4.80. The molecule has 0 aliphatic carbocycles. The van der Waals surface area contributed by atoms with Crippen LogP contribution in [0.4, 0.5) is 5.69 Å². The monoisotopic (exact) mass is 367 g/mol. The molecule has 0 radical (unpaired) electrons. The van der Waals surface area contributed by atoms with Crippen molar-refractivity contribution in [3.63, 3.8) is 0 Å². The van der Waals surface area contributed by atoms with Crippen LogP contribution in [0.25, 0.3) is 0 Å². The van der Waals surface area contributed by atoms with Crippen molar-refractivity contribution < 1.29 is 9.53 Å². The summed E-state index contributed by atoms with van der Waals surface area (Å²) in [6.07, 6.45) is 1.32. The van der Waals surface area contributed by atoms with Crippen molar-refractivity contribution in [2.24, 2.45) is 0 Å². The van der Waals surface area contributed by atoms with Crippen molar-refractivity contribution >= 4 is 11.6 Å². The van der Waals surface area contributed by atoms with Crippen molar-refractivity contribution in [2.75, 3.05) is 25.4 Å². The number of hydrogen-bond acceptors (Lipinski definition) is 4. The summed E-state index contributed by atoms with van der Waals surface area (Å²) in [5, 5.41) is 2.98. The SMILES string of the molecule is CC1CN(Cc2ccc(C(=O)NCCc3ccc(N)cc3)cc2)CC(C)O1. The minimum atomic E-state index is -0.0365. The molecule has 1 heterocycles. The number of morpholine rings is 1. The fraction of sp³-hybridized carbons (Fsp3) is 0.409. The van der Waals surface area contributed by atoms with E-state index < -0.39 is 0 Å². The first-order valence-corrected chi connectivity index (χ1v) is 9.59. The van der Waals surface area contributed by atoms with E-state index in [4.69, 9.17) is 10.5 Å². The molecule has 27 heavy (non-hydrogen) atoms. The molecule has 1 fully saturated rings. The number of nitrogens with zero attached hydrogens (tertiary/aromatic N) is 1. The van der Waals surface area contributed by atoms with Gasteiger partial charge in [-0.2, -0.15) is 0 Å². The molecule has 1 saturated heterocycles. The predicted molar refractivity (Wildman–Crippen MR) is 109 cm³/mol. The van der Waals surface area contributed by atoms with Gasteiger partial charge in [0.2, 0.25) is 0 Å². The highest BCUT2D eigenvalue weighted by Crippen LogP contribution is 2.15. The van der Waals surface area contributed by atoms with Crippen LogP contribution in [-0.2, 0) is 17.7 Å². The quantitative estimate of drug-likeness (QED) is 0.771. The standard InChI is InChI=1S/C22H29N3O2/c1-16-13-25(14-17(2)27-16)15-19-3-7-20(8-4-19)22(26)24-12-11-18-5-9-21(23)10-6-18/h3-10,16-17H,11-15,23H2,1-2H3,(H,24,26). The van der Waals surface area contributed by atoms with Gasteiger partial charge in [-0.25, -0.2) is 0 Å². The summed E-state index contributed by atoms with van der Waals surface area (Å²) in [5.74, 6) is -0.0365. The molecule has 2 unspecified atom stereocenters. The van der Waals surface area contributed by atoms with Gasteiger partial charge in [0.15, 0.2) is 0 Å². The first kappa shape index (κ1) is 19.4. The van der Waals surface area contributed by atoms with Gasteiger partial charge in [0.25, 0.3) is 5.91 Å². The summed E-state index contributed by atoms with van der Waals surface area (Å²) in [6.45, 7) is 7.60. The maximum atomic E-state index is 12.3. The average Bonchev–Trinajstić information content (AvgIpc) is 2.63. The van der Waals surface area contributed by atoms with Crippen molar-refractivity contribution in [2.45, 2.75) is 39.0 Å². The van der Waals surface area contributed by atoms with E-state index in [2.05, 4.69) is 24.1 Å². The minimum absolute atomic E-state index is 0.0365. The molecule has 3 N–H and O–H groups in total. The number of nitrogens with two attached hydrogens (primary N) is 1. The predicted octanol–water partition coefficient (Wildman–Crippen LogP) is 2.85. The Morgan fingerprint density at radius 3 is 2.26 bits per heavy atom. The molecule has 2 aromatic rings. The first-order valence-electron chi connectivity index (χ1n) is 9.59. The molecular formula is C22H29N3O2. The highest BCUT2D eigenvalue weighted by atomic mass is 16.5. The molecule has 5 heteroatoms. The molecule has 0 saturated carbocycles. The van der Waals surface area contributed by atoms with E-state index in [9.17, 15) is 4.79 Å². The average molecular weight is 367 g/mol. The number of hydrogen-bond donors (Lipinski definition) is 2. The fourth-order valence-electron chi connectivity index (χ4n) is 3.54. The number of benzene rings is 2. The lowest BCUT2D eigenvalue weighted by molar-refractivity contribution is -0.0704. The Labute approximate surface area is 161 Å². The summed E-state index contributed by atoms with van der Waals surface area (Å²) < 4.78 is 5.78. The largest absolute Gasteiger partial charge is 0.399 e. The van der Waals surface area contributed by atoms with Crippen LogP contribution in [-0.4, -0.2) is 42.6 Å². The summed E-state index contributed by atoms with van der Waals surface area (Å²) in [4.78, 5) is 14.7. The normalized spacial score (nSPS) is 20.4. The molecule has 0 spiro atoms. The van der Waals surface area contributed by atoms with E-state index in [1.165, 1.54) is 5.56 Å². The van der Waals surface area contributed by atoms with Gasteiger partial charge in [-0.1, -0.05) is 24.3 Å². The van der Waals surface area contributed by atoms with Crippen LogP contribution in [0.15, 0.2) is 48.5 Å². The number of rotatable bonds is 6. The van der Waals surface area contributed by atoms with Gasteiger partial charge in [0.1, 0.15) is 0 Å². The Bertz CT molecular complexity index is 733. The van der Waals surface area contributed by atoms with Gasteiger partial charge in [0.05, 0.1) is 12.2 Å². The van der Waals surface area contributed by atoms with E-state index >= 15 is 0 Å². The second kappa shape index (κ2) is 9.02. The van der Waals surface area contributed by atoms with E-state index in [1.54, 1.807) is 0 Å². The maximum Gasteiger partial charge on any atom is 0.251 e. The van der Waals surface area contributed by atoms with E-state index in [0.29, 0.717) is 12.1 Å². The van der Waals surface area contributed by atoms with E-state index in [-0.39, 0.29) is 18.1 Å². The number of nitrogen functional groups attached to an aromatic ring is 1. The Kier molecular flexibility index (Phi) is 6.48. The fourth-order valence-corrected chi connectivity index (χ4v) is 3.54. The zero-order chi connectivity index (χ0) is 19.2. The lowest BCUT2D eigenvalue weighted by Crippen LogP contribution is -2.44. The Morgan fingerprint density at radius 2 is 1.63 bits per heavy atom. The Balaban J connectivity index is 1.47. The highest BCUT2D eigenvalue weighted by molar-refractivity contribution is 5.94. The number of carbonyl (C=O) groups excluding carboxylic acids is 1. The zero-order valence-electron chi connectivity index (χ0n) is 16.2. The van der Waals surface area contributed by atoms with Gasteiger partial charge in [-0.05, 0) is 55.7 Å². The number of anilines is 1. The van der Waals surface area contributed by atoms with Crippen LogP contribution < -0.4 is 11.1 Å². The van der Waals surface area contributed by atoms with Gasteiger partial charge < -0.3 is 15.8 Å². The van der Waals surface area contributed by atoms with Crippen LogP contribution in [0, 0.1) is 0 Å².